The van der Waals surface area contributed by atoms with Gasteiger partial charge in [-0.05, 0) is 38.0 Å². The van der Waals surface area contributed by atoms with Gasteiger partial charge in [0.25, 0.3) is 0 Å². The van der Waals surface area contributed by atoms with E-state index in [0.29, 0.717) is 5.60 Å². The van der Waals surface area contributed by atoms with Gasteiger partial charge in [-0.1, -0.05) is 12.2 Å². The fourth-order valence-electron chi connectivity index (χ4n) is 3.25. The molecule has 0 aromatic carbocycles. The molecule has 0 aromatic heterocycles. The van der Waals surface area contributed by atoms with E-state index in [1.54, 1.807) is 0 Å². The fraction of sp³-hybridized carbons (Fsp3) is 0.818. The first-order valence-corrected chi connectivity index (χ1v) is 5.21. The van der Waals surface area contributed by atoms with Crippen LogP contribution in [0.15, 0.2) is 12.2 Å². The van der Waals surface area contributed by atoms with Crippen LogP contribution in [0.2, 0.25) is 0 Å². The molecular formula is C11H16O. The minimum absolute atomic E-state index is 0.303. The zero-order valence-electron chi connectivity index (χ0n) is 7.46. The molecule has 1 saturated heterocycles. The van der Waals surface area contributed by atoms with Crippen molar-refractivity contribution in [2.45, 2.75) is 37.7 Å². The summed E-state index contributed by atoms with van der Waals surface area (Å²) in [6, 6.07) is 0. The van der Waals surface area contributed by atoms with Gasteiger partial charge in [-0.15, -0.1) is 0 Å². The van der Waals surface area contributed by atoms with Crippen molar-refractivity contribution in [1.29, 1.82) is 0 Å². The van der Waals surface area contributed by atoms with E-state index in [1.807, 2.05) is 0 Å². The van der Waals surface area contributed by atoms with Crippen molar-refractivity contribution in [1.82, 2.24) is 0 Å². The standard InChI is InChI=1S/C11H16O/c1-6-11(12-7-1)8-9-2-4-10(11)5-3-9/h2,4,9-10H,1,3,5-8H2/t9-,10+,11-/m0/s1. The Labute approximate surface area is 73.8 Å². The average Bonchev–Trinajstić information content (AvgIpc) is 2.55. The van der Waals surface area contributed by atoms with Crippen molar-refractivity contribution in [3.63, 3.8) is 0 Å². The second-order valence-electron chi connectivity index (χ2n) is 4.55. The number of ether oxygens (including phenoxy) is 1. The molecule has 1 spiro atoms. The van der Waals surface area contributed by atoms with Crippen LogP contribution in [0.3, 0.4) is 0 Å². The van der Waals surface area contributed by atoms with Crippen LogP contribution in [0.5, 0.6) is 0 Å². The number of allylic oxidation sites excluding steroid dienone is 1. The van der Waals surface area contributed by atoms with E-state index in [4.69, 9.17) is 4.74 Å². The Balaban J connectivity index is 1.93. The maximum Gasteiger partial charge on any atom is 0.0751 e. The molecule has 12 heavy (non-hydrogen) atoms. The lowest BCUT2D eigenvalue weighted by atomic mass is 9.65. The number of hydrogen-bond acceptors (Lipinski definition) is 1. The molecule has 4 aliphatic rings. The summed E-state index contributed by atoms with van der Waals surface area (Å²) in [5.74, 6) is 1.60. The molecule has 1 saturated carbocycles. The first-order chi connectivity index (χ1) is 5.89. The highest BCUT2D eigenvalue weighted by Gasteiger charge is 2.47. The lowest BCUT2D eigenvalue weighted by Gasteiger charge is -2.45. The maximum absolute atomic E-state index is 5.96. The van der Waals surface area contributed by atoms with E-state index in [0.717, 1.165) is 18.4 Å². The Morgan fingerprint density at radius 3 is 2.75 bits per heavy atom. The van der Waals surface area contributed by atoms with E-state index >= 15 is 0 Å². The SMILES string of the molecule is C1=C[C@@H]2CC[C@H]1C[C@@]21CCCO1. The lowest BCUT2D eigenvalue weighted by molar-refractivity contribution is -0.0691. The van der Waals surface area contributed by atoms with Crippen LogP contribution in [0, 0.1) is 11.8 Å². The molecule has 0 unspecified atom stereocenters. The number of hydrogen-bond donors (Lipinski definition) is 0. The first kappa shape index (κ1) is 7.14. The average molecular weight is 164 g/mol. The molecule has 66 valence electrons. The zero-order valence-corrected chi connectivity index (χ0v) is 7.46. The van der Waals surface area contributed by atoms with Gasteiger partial charge in [0.1, 0.15) is 0 Å². The van der Waals surface area contributed by atoms with Crippen molar-refractivity contribution in [3.8, 4) is 0 Å². The van der Waals surface area contributed by atoms with Gasteiger partial charge in [0.15, 0.2) is 0 Å². The van der Waals surface area contributed by atoms with E-state index in [1.165, 1.54) is 32.1 Å². The summed E-state index contributed by atoms with van der Waals surface area (Å²) in [4.78, 5) is 0. The molecule has 3 aliphatic carbocycles. The third kappa shape index (κ3) is 0.832. The minimum Gasteiger partial charge on any atom is -0.374 e. The fourth-order valence-corrected chi connectivity index (χ4v) is 3.25. The predicted molar refractivity (Wildman–Crippen MR) is 47.9 cm³/mol. The third-order valence-electron chi connectivity index (χ3n) is 3.88. The molecular weight excluding hydrogens is 148 g/mol. The van der Waals surface area contributed by atoms with Gasteiger partial charge in [0.2, 0.25) is 0 Å². The molecule has 0 radical (unpaired) electrons. The van der Waals surface area contributed by atoms with Crippen LogP contribution in [0.1, 0.15) is 32.1 Å². The highest BCUT2D eigenvalue weighted by atomic mass is 16.5. The molecule has 0 amide bonds. The van der Waals surface area contributed by atoms with Crippen molar-refractivity contribution in [2.24, 2.45) is 11.8 Å². The Hall–Kier alpha value is -0.300. The van der Waals surface area contributed by atoms with Crippen LogP contribution < -0.4 is 0 Å². The van der Waals surface area contributed by atoms with Gasteiger partial charge in [-0.2, -0.15) is 0 Å². The molecule has 4 rings (SSSR count). The third-order valence-corrected chi connectivity index (χ3v) is 3.88. The van der Waals surface area contributed by atoms with E-state index in [9.17, 15) is 0 Å². The highest BCUT2D eigenvalue weighted by molar-refractivity contribution is 5.14. The number of rotatable bonds is 0. The summed E-state index contributed by atoms with van der Waals surface area (Å²) < 4.78 is 5.96. The van der Waals surface area contributed by atoms with E-state index in [-0.39, 0.29) is 0 Å². The molecule has 0 N–H and O–H groups in total. The topological polar surface area (TPSA) is 9.23 Å². The number of fused-ring (bicyclic) bond motifs is 1. The Bertz CT molecular complexity index is 213. The van der Waals surface area contributed by atoms with Gasteiger partial charge in [0, 0.05) is 12.5 Å². The second kappa shape index (κ2) is 2.35. The predicted octanol–water partition coefficient (Wildman–Crippen LogP) is 2.52. The summed E-state index contributed by atoms with van der Waals surface area (Å²) in [5, 5.41) is 0. The largest absolute Gasteiger partial charge is 0.374 e. The molecule has 3 atom stereocenters. The molecule has 1 nitrogen and oxygen atoms in total. The molecule has 2 bridgehead atoms. The molecule has 1 heteroatoms. The molecule has 1 aliphatic heterocycles. The van der Waals surface area contributed by atoms with Gasteiger partial charge in [-0.25, -0.2) is 0 Å². The van der Waals surface area contributed by atoms with Crippen molar-refractivity contribution >= 4 is 0 Å². The Morgan fingerprint density at radius 2 is 2.25 bits per heavy atom. The molecule has 1 heterocycles. The van der Waals surface area contributed by atoms with Crippen molar-refractivity contribution in [2.75, 3.05) is 6.61 Å². The summed E-state index contributed by atoms with van der Waals surface area (Å²) in [5.41, 5.74) is 0.303. The maximum atomic E-state index is 5.96. The van der Waals surface area contributed by atoms with Crippen LogP contribution in [-0.4, -0.2) is 12.2 Å². The highest BCUT2D eigenvalue weighted by Crippen LogP contribution is 2.49. The van der Waals surface area contributed by atoms with Gasteiger partial charge < -0.3 is 4.74 Å². The van der Waals surface area contributed by atoms with E-state index < -0.39 is 0 Å². The van der Waals surface area contributed by atoms with Crippen LogP contribution in [0.25, 0.3) is 0 Å². The summed E-state index contributed by atoms with van der Waals surface area (Å²) >= 11 is 0. The quantitative estimate of drug-likeness (QED) is 0.500. The first-order valence-electron chi connectivity index (χ1n) is 5.21. The van der Waals surface area contributed by atoms with E-state index in [2.05, 4.69) is 12.2 Å². The minimum atomic E-state index is 0.303. The second-order valence-corrected chi connectivity index (χ2v) is 4.55. The van der Waals surface area contributed by atoms with Crippen LogP contribution >= 0.6 is 0 Å². The van der Waals surface area contributed by atoms with Gasteiger partial charge in [-0.3, -0.25) is 0 Å². The Morgan fingerprint density at radius 1 is 1.25 bits per heavy atom. The normalized spacial score (nSPS) is 50.7. The Kier molecular flexibility index (Phi) is 1.40. The summed E-state index contributed by atoms with van der Waals surface area (Å²) in [6.45, 7) is 1.01. The lowest BCUT2D eigenvalue weighted by Crippen LogP contribution is -2.44. The zero-order chi connectivity index (χ0) is 8.02. The van der Waals surface area contributed by atoms with Crippen molar-refractivity contribution in [3.05, 3.63) is 12.2 Å². The van der Waals surface area contributed by atoms with Gasteiger partial charge >= 0.3 is 0 Å². The smallest absolute Gasteiger partial charge is 0.0751 e. The van der Waals surface area contributed by atoms with Crippen LogP contribution in [0.4, 0.5) is 0 Å². The monoisotopic (exact) mass is 164 g/mol. The van der Waals surface area contributed by atoms with Crippen LogP contribution in [-0.2, 0) is 4.74 Å². The summed E-state index contributed by atoms with van der Waals surface area (Å²) in [6.07, 6.45) is 11.5. The van der Waals surface area contributed by atoms with Crippen molar-refractivity contribution < 1.29 is 4.74 Å². The summed E-state index contributed by atoms with van der Waals surface area (Å²) in [7, 11) is 0. The molecule has 2 fully saturated rings. The molecule has 0 aromatic rings. The van der Waals surface area contributed by atoms with Gasteiger partial charge in [0.05, 0.1) is 5.60 Å².